The van der Waals surface area contributed by atoms with E-state index in [2.05, 4.69) is 0 Å². The third-order valence-electron chi connectivity index (χ3n) is 6.75. The molecule has 5 atom stereocenters. The van der Waals surface area contributed by atoms with Gasteiger partial charge in [-0.25, -0.2) is 13.5 Å². The van der Waals surface area contributed by atoms with Gasteiger partial charge in [-0.2, -0.15) is 0 Å². The summed E-state index contributed by atoms with van der Waals surface area (Å²) in [5.74, 6) is -0.242. The zero-order chi connectivity index (χ0) is 31.5. The molecule has 0 aromatic heterocycles. The Morgan fingerprint density at radius 2 is 1.16 bits per heavy atom. The lowest BCUT2D eigenvalue weighted by molar-refractivity contribution is -0.286. The summed E-state index contributed by atoms with van der Waals surface area (Å²) in [6, 6.07) is 35.0. The highest BCUT2D eigenvalue weighted by atomic mass is 31.2. The molecule has 0 aliphatic carbocycles. The molecule has 1 heterocycles. The average Bonchev–Trinajstić information content (AvgIpc) is 3.05. The maximum atomic E-state index is 16.6. The van der Waals surface area contributed by atoms with Crippen LogP contribution in [0.4, 0.5) is 4.39 Å². The van der Waals surface area contributed by atoms with Crippen LogP contribution in [0, 0.1) is 0 Å². The smallest absolute Gasteiger partial charge is 0.463 e. The van der Waals surface area contributed by atoms with Crippen LogP contribution in [-0.4, -0.2) is 43.3 Å². The molecule has 9 nitrogen and oxygen atoms in total. The fourth-order valence-electron chi connectivity index (χ4n) is 4.62. The summed E-state index contributed by atoms with van der Waals surface area (Å²) >= 11 is 0. The number of phosphoric acid groups is 1. The van der Waals surface area contributed by atoms with E-state index in [0.29, 0.717) is 0 Å². The molecule has 4 aromatic carbocycles. The minimum absolute atomic E-state index is 0.0306. The molecule has 0 bridgehead atoms. The Morgan fingerprint density at radius 1 is 0.711 bits per heavy atom. The Bertz CT molecular complexity index is 1470. The minimum atomic E-state index is -4.59. The Kier molecular flexibility index (Phi) is 11.4. The lowest BCUT2D eigenvalue weighted by atomic mass is 9.99. The van der Waals surface area contributed by atoms with Crippen molar-refractivity contribution in [1.82, 2.24) is 0 Å². The molecule has 4 aromatic rings. The molecule has 1 aliphatic rings. The fraction of sp³-hybridized carbons (Fsp3) is 0.265. The molecular weight excluding hydrogens is 602 g/mol. The van der Waals surface area contributed by atoms with Crippen molar-refractivity contribution in [3.05, 3.63) is 132 Å². The van der Waals surface area contributed by atoms with Gasteiger partial charge < -0.3 is 28.0 Å². The van der Waals surface area contributed by atoms with Gasteiger partial charge in [0, 0.05) is 6.92 Å². The standard InChI is InChI=1S/C34H34FO9P/c1-25(36)38-24-30-32(39-22-26-14-6-2-7-15-26)33(40-23-27-16-8-3-9-17-27)31(35)34(41-30)44-45(37,42-28-18-10-4-11-19-28)43-29-20-12-5-13-21-29/h2-21,30-34H,22-24H2,1H3/t30-,31-,32-,33-,34-/m1/s1. The second kappa shape index (κ2) is 15.8. The summed E-state index contributed by atoms with van der Waals surface area (Å²) in [4.78, 5) is 11.8. The molecule has 1 saturated heterocycles. The second-order valence-corrected chi connectivity index (χ2v) is 11.6. The molecule has 0 spiro atoms. The van der Waals surface area contributed by atoms with Crippen LogP contribution in [0.25, 0.3) is 0 Å². The molecule has 0 amide bonds. The van der Waals surface area contributed by atoms with Crippen LogP contribution >= 0.6 is 7.82 Å². The number of hydrogen-bond acceptors (Lipinski definition) is 9. The maximum Gasteiger partial charge on any atom is 0.590 e. The number of carbonyl (C=O) groups excluding carboxylic acids is 1. The van der Waals surface area contributed by atoms with Gasteiger partial charge in [0.25, 0.3) is 0 Å². The minimum Gasteiger partial charge on any atom is -0.463 e. The van der Waals surface area contributed by atoms with Crippen LogP contribution in [0.3, 0.4) is 0 Å². The van der Waals surface area contributed by atoms with Crippen LogP contribution in [0.1, 0.15) is 18.1 Å². The zero-order valence-electron chi connectivity index (χ0n) is 24.6. The molecule has 0 radical (unpaired) electrons. The number of hydrogen-bond donors (Lipinski definition) is 0. The van der Waals surface area contributed by atoms with Crippen molar-refractivity contribution < 1.29 is 46.3 Å². The van der Waals surface area contributed by atoms with E-state index in [-0.39, 0.29) is 31.3 Å². The number of ether oxygens (including phenoxy) is 4. The van der Waals surface area contributed by atoms with Gasteiger partial charge in [-0.3, -0.25) is 4.79 Å². The van der Waals surface area contributed by atoms with Gasteiger partial charge in [0.15, 0.2) is 6.17 Å². The van der Waals surface area contributed by atoms with Crippen LogP contribution in [0.15, 0.2) is 121 Å². The molecule has 0 unspecified atom stereocenters. The molecule has 5 rings (SSSR count). The van der Waals surface area contributed by atoms with Crippen molar-refractivity contribution in [1.29, 1.82) is 0 Å². The van der Waals surface area contributed by atoms with Gasteiger partial charge in [0.1, 0.15) is 36.4 Å². The molecule has 11 heteroatoms. The first kappa shape index (κ1) is 32.3. The van der Waals surface area contributed by atoms with Gasteiger partial charge in [-0.1, -0.05) is 97.1 Å². The molecule has 1 aliphatic heterocycles. The van der Waals surface area contributed by atoms with E-state index in [1.807, 2.05) is 60.7 Å². The highest BCUT2D eigenvalue weighted by molar-refractivity contribution is 7.49. The van der Waals surface area contributed by atoms with Gasteiger partial charge in [-0.15, -0.1) is 0 Å². The Morgan fingerprint density at radius 3 is 1.62 bits per heavy atom. The van der Waals surface area contributed by atoms with Crippen LogP contribution < -0.4 is 9.05 Å². The number of carbonyl (C=O) groups is 1. The number of para-hydroxylation sites is 2. The van der Waals surface area contributed by atoms with Crippen molar-refractivity contribution in [2.75, 3.05) is 6.61 Å². The van der Waals surface area contributed by atoms with Crippen LogP contribution in [0.5, 0.6) is 11.5 Å². The van der Waals surface area contributed by atoms with E-state index in [4.69, 9.17) is 32.5 Å². The molecule has 0 N–H and O–H groups in total. The predicted molar refractivity (Wildman–Crippen MR) is 163 cm³/mol. The number of esters is 1. The lowest BCUT2D eigenvalue weighted by Gasteiger charge is -2.43. The number of phosphoric ester groups is 1. The summed E-state index contributed by atoms with van der Waals surface area (Å²) in [6.07, 6.45) is -7.27. The Labute approximate surface area is 261 Å². The van der Waals surface area contributed by atoms with Gasteiger partial charge in [0.2, 0.25) is 6.29 Å². The summed E-state index contributed by atoms with van der Waals surface area (Å²) in [7, 11) is -4.59. The summed E-state index contributed by atoms with van der Waals surface area (Å²) < 4.78 is 71.5. The van der Waals surface area contributed by atoms with Gasteiger partial charge >= 0.3 is 13.8 Å². The first-order chi connectivity index (χ1) is 21.9. The fourth-order valence-corrected chi connectivity index (χ4v) is 5.92. The number of benzene rings is 4. The topological polar surface area (TPSA) is 98.8 Å². The summed E-state index contributed by atoms with van der Waals surface area (Å²) in [5.41, 5.74) is 1.62. The average molecular weight is 637 g/mol. The van der Waals surface area contributed by atoms with Crippen molar-refractivity contribution >= 4 is 13.8 Å². The third kappa shape index (κ3) is 9.47. The van der Waals surface area contributed by atoms with Crippen molar-refractivity contribution in [3.8, 4) is 11.5 Å². The van der Waals surface area contributed by atoms with Gasteiger partial charge in [-0.05, 0) is 35.4 Å². The monoisotopic (exact) mass is 636 g/mol. The SMILES string of the molecule is CC(=O)OC[C@H]1O[C@H](OP(=O)(Oc2ccccc2)Oc2ccccc2)[C@H](F)[C@@H](OCc2ccccc2)[C@@H]1OCc1ccccc1. The molecule has 0 saturated carbocycles. The summed E-state index contributed by atoms with van der Waals surface area (Å²) in [5, 5.41) is 0. The van der Waals surface area contributed by atoms with E-state index in [1.54, 1.807) is 60.7 Å². The number of rotatable bonds is 14. The summed E-state index contributed by atoms with van der Waals surface area (Å²) in [6.45, 7) is 1.06. The molecule has 1 fully saturated rings. The number of alkyl halides is 1. The van der Waals surface area contributed by atoms with Crippen molar-refractivity contribution in [2.24, 2.45) is 0 Å². The van der Waals surface area contributed by atoms with E-state index >= 15 is 4.39 Å². The number of halogens is 1. The van der Waals surface area contributed by atoms with Crippen LogP contribution in [0.2, 0.25) is 0 Å². The predicted octanol–water partition coefficient (Wildman–Crippen LogP) is 7.07. The van der Waals surface area contributed by atoms with Gasteiger partial charge in [0.05, 0.1) is 13.2 Å². The first-order valence-electron chi connectivity index (χ1n) is 14.4. The van der Waals surface area contributed by atoms with Crippen molar-refractivity contribution in [3.63, 3.8) is 0 Å². The Balaban J connectivity index is 1.44. The zero-order valence-corrected chi connectivity index (χ0v) is 25.4. The largest absolute Gasteiger partial charge is 0.590 e. The van der Waals surface area contributed by atoms with E-state index in [9.17, 15) is 9.36 Å². The molecule has 236 valence electrons. The lowest BCUT2D eigenvalue weighted by Crippen LogP contribution is -2.59. The normalized spacial score (nSPS) is 21.5. The highest BCUT2D eigenvalue weighted by Gasteiger charge is 2.52. The second-order valence-electron chi connectivity index (χ2n) is 10.2. The highest BCUT2D eigenvalue weighted by Crippen LogP contribution is 2.52. The van der Waals surface area contributed by atoms with Crippen LogP contribution in [-0.2, 0) is 46.0 Å². The maximum absolute atomic E-state index is 16.6. The van der Waals surface area contributed by atoms with E-state index in [1.165, 1.54) is 6.92 Å². The first-order valence-corrected chi connectivity index (χ1v) is 15.9. The quantitative estimate of drug-likeness (QED) is 0.106. The Hall–Kier alpha value is -4.05. The molecular formula is C34H34FO9P. The van der Waals surface area contributed by atoms with E-state index < -0.39 is 44.6 Å². The third-order valence-corrected chi connectivity index (χ3v) is 8.08. The molecule has 45 heavy (non-hydrogen) atoms. The van der Waals surface area contributed by atoms with E-state index in [0.717, 1.165) is 11.1 Å². The van der Waals surface area contributed by atoms with Crippen molar-refractivity contribution in [2.45, 2.75) is 50.9 Å².